The second-order valence-corrected chi connectivity index (χ2v) is 12.2. The van der Waals surface area contributed by atoms with Gasteiger partial charge in [0.2, 0.25) is 17.1 Å². The summed E-state index contributed by atoms with van der Waals surface area (Å²) in [5.41, 5.74) is 15.4. The average molecular weight is 669 g/mol. The lowest BCUT2D eigenvalue weighted by molar-refractivity contribution is -0.161. The molecule has 3 aliphatic heterocycles. The highest BCUT2D eigenvalue weighted by molar-refractivity contribution is 8.00. The molecule has 1 aromatic heterocycles. The molecule has 244 valence electrons. The molecule has 22 heteroatoms. The number of fused-ring (bicyclic) bond motifs is 1. The van der Waals surface area contributed by atoms with Gasteiger partial charge in [0.15, 0.2) is 5.13 Å². The van der Waals surface area contributed by atoms with E-state index in [9.17, 15) is 34.2 Å². The molecule has 4 rings (SSSR count). The third kappa shape index (κ3) is 6.93. The number of nitrogen functional groups attached to an aromatic ring is 1. The second kappa shape index (κ2) is 13.2. The van der Waals surface area contributed by atoms with Crippen LogP contribution in [-0.2, 0) is 24.0 Å². The van der Waals surface area contributed by atoms with Crippen molar-refractivity contribution < 1.29 is 39.0 Å². The highest BCUT2D eigenvalue weighted by Gasteiger charge is 2.54. The monoisotopic (exact) mass is 668 g/mol. The predicted molar refractivity (Wildman–Crippen MR) is 159 cm³/mol. The van der Waals surface area contributed by atoms with Gasteiger partial charge in [0.1, 0.15) is 23.3 Å². The number of likely N-dealkylation sites (N-methyl/N-ethyl adjacent to an activating group) is 1. The minimum absolute atomic E-state index is 0.00213. The third-order valence-corrected chi connectivity index (χ3v) is 8.62. The number of aliphatic carboxylic acids is 2. The molecule has 3 atom stereocenters. The molecule has 1 saturated heterocycles. The zero-order valence-electron chi connectivity index (χ0n) is 24.2. The Morgan fingerprint density at radius 1 is 1.27 bits per heavy atom. The Hall–Kier alpha value is -4.51. The summed E-state index contributed by atoms with van der Waals surface area (Å²) in [6, 6.07) is -1.66. The standard InChI is InChI=1S/C23H32N12O8S2/c1-23(2,20(40)41)43-31-11(15-30-21(26)45-32-15)16(36)29-12-17(37)35-13(19(38)39)9(8-44-18(12)35)6-34-7-10(14(25)33(34)3)28-22(42)27-5-4-24/h7,12,14,18H,4-6,8,24-25H2,1-3H3,(H,29,36)(H,38,39)(H,40,41)(H2,26,30,32)(H2,27,28,42)/b31-11-. The van der Waals surface area contributed by atoms with E-state index in [1.54, 1.807) is 23.3 Å². The number of hydrogen-bond acceptors (Lipinski definition) is 16. The van der Waals surface area contributed by atoms with Crippen molar-refractivity contribution in [3.05, 3.63) is 29.0 Å². The van der Waals surface area contributed by atoms with Gasteiger partial charge in [-0.05, 0) is 19.4 Å². The largest absolute Gasteiger partial charge is 0.478 e. The van der Waals surface area contributed by atoms with Gasteiger partial charge in [-0.3, -0.25) is 14.5 Å². The lowest BCUT2D eigenvalue weighted by Gasteiger charge is -2.49. The summed E-state index contributed by atoms with van der Waals surface area (Å²) in [6.07, 6.45) is 0.824. The van der Waals surface area contributed by atoms with Crippen molar-refractivity contribution in [1.82, 2.24) is 40.2 Å². The molecule has 45 heavy (non-hydrogen) atoms. The highest BCUT2D eigenvalue weighted by Crippen LogP contribution is 2.41. The Labute approximate surface area is 263 Å². The van der Waals surface area contributed by atoms with Crippen molar-refractivity contribution in [2.45, 2.75) is 37.0 Å². The smallest absolute Gasteiger partial charge is 0.352 e. The average Bonchev–Trinajstić information content (AvgIpc) is 3.52. The number of carbonyl (C=O) groups excluding carboxylic acids is 3. The highest BCUT2D eigenvalue weighted by atomic mass is 32.2. The molecule has 0 radical (unpaired) electrons. The molecule has 0 bridgehead atoms. The van der Waals surface area contributed by atoms with Gasteiger partial charge >= 0.3 is 18.0 Å². The molecule has 11 N–H and O–H groups in total. The number of nitrogens with zero attached hydrogens (tertiary/aromatic N) is 6. The molecule has 20 nitrogen and oxygen atoms in total. The maximum Gasteiger partial charge on any atom is 0.352 e. The SMILES string of the molecule is CN1C(N)C(NC(=O)NCCN)=CN1CC1=C(C(=O)O)N2C(=O)C(NC(=O)/C(=N\OC(C)(C)C(=O)O)c3nsc(N)n3)C2SC1. The van der Waals surface area contributed by atoms with Gasteiger partial charge < -0.3 is 53.2 Å². The normalized spacial score (nSPS) is 22.0. The van der Waals surface area contributed by atoms with Crippen LogP contribution < -0.4 is 33.2 Å². The summed E-state index contributed by atoms with van der Waals surface area (Å²) in [7, 11) is 1.65. The molecule has 4 amide bonds. The Morgan fingerprint density at radius 2 is 1.98 bits per heavy atom. The summed E-state index contributed by atoms with van der Waals surface area (Å²) >= 11 is 1.97. The van der Waals surface area contributed by atoms with Gasteiger partial charge in [-0.15, -0.1) is 11.8 Å². The molecule has 0 aliphatic carbocycles. The second-order valence-electron chi connectivity index (χ2n) is 10.3. The van der Waals surface area contributed by atoms with E-state index in [-0.39, 0.29) is 42.0 Å². The molecule has 0 aromatic carbocycles. The van der Waals surface area contributed by atoms with E-state index < -0.39 is 58.7 Å². The van der Waals surface area contributed by atoms with Crippen LogP contribution in [0, 0.1) is 0 Å². The fraction of sp³-hybridized carbons (Fsp3) is 0.478. The van der Waals surface area contributed by atoms with Crippen molar-refractivity contribution in [3.63, 3.8) is 0 Å². The van der Waals surface area contributed by atoms with Crippen LogP contribution in [-0.4, -0.2) is 126 Å². The van der Waals surface area contributed by atoms with Crippen LogP contribution in [0.4, 0.5) is 9.93 Å². The minimum atomic E-state index is -1.82. The number of rotatable bonds is 12. The molecule has 1 fully saturated rings. The van der Waals surface area contributed by atoms with E-state index in [0.29, 0.717) is 11.3 Å². The van der Waals surface area contributed by atoms with Crippen LogP contribution in [0.2, 0.25) is 0 Å². The summed E-state index contributed by atoms with van der Waals surface area (Å²) in [5.74, 6) is -4.45. The van der Waals surface area contributed by atoms with Crippen molar-refractivity contribution >= 4 is 63.9 Å². The number of oxime groups is 1. The van der Waals surface area contributed by atoms with E-state index in [4.69, 9.17) is 22.0 Å². The van der Waals surface area contributed by atoms with E-state index >= 15 is 0 Å². The van der Waals surface area contributed by atoms with Crippen LogP contribution >= 0.6 is 23.3 Å². The molecule has 3 aliphatic rings. The Balaban J connectivity index is 1.51. The van der Waals surface area contributed by atoms with Gasteiger partial charge in [-0.2, -0.15) is 9.36 Å². The van der Waals surface area contributed by atoms with Gasteiger partial charge in [0.25, 0.3) is 11.8 Å². The predicted octanol–water partition coefficient (Wildman–Crippen LogP) is -3.01. The number of nitrogens with two attached hydrogens (primary N) is 3. The molecule has 4 heterocycles. The van der Waals surface area contributed by atoms with Crippen LogP contribution in [0.3, 0.4) is 0 Å². The third-order valence-electron chi connectivity index (χ3n) is 6.74. The number of carboxylic acids is 2. The van der Waals surface area contributed by atoms with E-state index in [1.807, 2.05) is 0 Å². The fourth-order valence-electron chi connectivity index (χ4n) is 4.24. The Bertz CT molecular complexity index is 1490. The Morgan fingerprint density at radius 3 is 2.58 bits per heavy atom. The first-order valence-electron chi connectivity index (χ1n) is 13.2. The Kier molecular flexibility index (Phi) is 9.82. The first-order chi connectivity index (χ1) is 21.2. The zero-order chi connectivity index (χ0) is 33.2. The number of hydrogen-bond donors (Lipinski definition) is 8. The van der Waals surface area contributed by atoms with E-state index in [0.717, 1.165) is 16.4 Å². The number of aromatic nitrogens is 2. The summed E-state index contributed by atoms with van der Waals surface area (Å²) < 4.78 is 3.92. The number of amides is 4. The quantitative estimate of drug-likeness (QED) is 0.0625. The molecular formula is C23H32N12O8S2. The molecule has 1 aromatic rings. The number of anilines is 1. The van der Waals surface area contributed by atoms with Gasteiger partial charge in [0, 0.05) is 43.6 Å². The minimum Gasteiger partial charge on any atom is -0.478 e. The molecular weight excluding hydrogens is 636 g/mol. The summed E-state index contributed by atoms with van der Waals surface area (Å²) in [4.78, 5) is 72.4. The van der Waals surface area contributed by atoms with Crippen molar-refractivity contribution in [2.24, 2.45) is 16.6 Å². The first kappa shape index (κ1) is 33.4. The molecule has 0 saturated carbocycles. The number of β-lactam (4-membered cyclic amide) rings is 1. The maximum atomic E-state index is 13.3. The van der Waals surface area contributed by atoms with Crippen molar-refractivity contribution in [3.8, 4) is 0 Å². The maximum absolute atomic E-state index is 13.3. The van der Waals surface area contributed by atoms with Crippen LogP contribution in [0.15, 0.2) is 28.3 Å². The lowest BCUT2D eigenvalue weighted by Crippen LogP contribution is -2.71. The van der Waals surface area contributed by atoms with Crippen molar-refractivity contribution in [2.75, 3.05) is 38.2 Å². The van der Waals surface area contributed by atoms with E-state index in [1.165, 1.54) is 25.6 Å². The number of urea groups is 1. The number of carbonyl (C=O) groups is 5. The molecule has 3 unspecified atom stereocenters. The topological polar surface area (TPSA) is 297 Å². The number of carboxylic acid groups (broad SMARTS) is 2. The lowest BCUT2D eigenvalue weighted by atomic mass is 10.0. The van der Waals surface area contributed by atoms with Crippen LogP contribution in [0.5, 0.6) is 0 Å². The number of hydrazine groups is 1. The van der Waals surface area contributed by atoms with Crippen LogP contribution in [0.1, 0.15) is 19.7 Å². The summed E-state index contributed by atoms with van der Waals surface area (Å²) in [6.45, 7) is 2.96. The number of thioether (sulfide) groups is 1. The van der Waals surface area contributed by atoms with Crippen LogP contribution in [0.25, 0.3) is 0 Å². The summed E-state index contributed by atoms with van der Waals surface area (Å²) in [5, 5.41) is 33.2. The van der Waals surface area contributed by atoms with Gasteiger partial charge in [0.05, 0.1) is 12.2 Å². The zero-order valence-corrected chi connectivity index (χ0v) is 25.8. The van der Waals surface area contributed by atoms with Crippen molar-refractivity contribution in [1.29, 1.82) is 0 Å². The first-order valence-corrected chi connectivity index (χ1v) is 15.0. The van der Waals surface area contributed by atoms with Gasteiger partial charge in [-0.1, -0.05) is 5.16 Å². The van der Waals surface area contributed by atoms with E-state index in [2.05, 4.69) is 30.5 Å². The fourth-order valence-corrected chi connectivity index (χ4v) is 6.01. The number of nitrogens with one attached hydrogen (secondary N) is 3. The van der Waals surface area contributed by atoms with Gasteiger partial charge in [-0.25, -0.2) is 19.4 Å². The molecule has 0 spiro atoms.